The molecule has 1 spiro atoms. The normalized spacial score (nSPS) is 19.3. The predicted octanol–water partition coefficient (Wildman–Crippen LogP) is 3.06. The number of hydrogen-bond acceptors (Lipinski definition) is 3. The molecule has 29 heavy (non-hydrogen) atoms. The zero-order valence-corrected chi connectivity index (χ0v) is 17.5. The Balaban J connectivity index is 1.42. The van der Waals surface area contributed by atoms with Crippen LogP contribution < -0.4 is 0 Å². The Morgan fingerprint density at radius 1 is 1.17 bits per heavy atom. The van der Waals surface area contributed by atoms with Crippen molar-refractivity contribution in [2.75, 3.05) is 39.9 Å². The lowest BCUT2D eigenvalue weighted by atomic mass is 9.72. The third-order valence-electron chi connectivity index (χ3n) is 6.76. The van der Waals surface area contributed by atoms with Crippen molar-refractivity contribution in [1.82, 2.24) is 14.4 Å². The number of carbonyl (C=O) groups excluding carboxylic acids is 2. The van der Waals surface area contributed by atoms with Crippen LogP contribution in [0.1, 0.15) is 42.5 Å². The van der Waals surface area contributed by atoms with E-state index in [1.165, 1.54) is 0 Å². The SMILES string of the molecule is COCCCN1CC2(CCC1=O)CCN(C(=O)c1cn(C)c3ccccc13)CC2. The maximum absolute atomic E-state index is 13.2. The fraction of sp³-hybridized carbons (Fsp3) is 0.565. The van der Waals surface area contributed by atoms with Crippen molar-refractivity contribution in [2.45, 2.75) is 32.1 Å². The first-order chi connectivity index (χ1) is 14.0. The molecule has 1 aromatic carbocycles. The van der Waals surface area contributed by atoms with Crippen LogP contribution in [0.3, 0.4) is 0 Å². The van der Waals surface area contributed by atoms with E-state index in [9.17, 15) is 9.59 Å². The lowest BCUT2D eigenvalue weighted by molar-refractivity contribution is -0.139. The summed E-state index contributed by atoms with van der Waals surface area (Å²) < 4.78 is 7.16. The van der Waals surface area contributed by atoms with Gasteiger partial charge in [0.25, 0.3) is 5.91 Å². The fourth-order valence-corrected chi connectivity index (χ4v) is 4.98. The zero-order chi connectivity index (χ0) is 20.4. The largest absolute Gasteiger partial charge is 0.385 e. The number of ether oxygens (including phenoxy) is 1. The average molecular weight is 398 g/mol. The number of methoxy groups -OCH3 is 1. The van der Waals surface area contributed by atoms with E-state index >= 15 is 0 Å². The number of para-hydroxylation sites is 1. The quantitative estimate of drug-likeness (QED) is 0.729. The third-order valence-corrected chi connectivity index (χ3v) is 6.76. The van der Waals surface area contributed by atoms with Gasteiger partial charge in [-0.05, 0) is 37.2 Å². The summed E-state index contributed by atoms with van der Waals surface area (Å²) >= 11 is 0. The molecular weight excluding hydrogens is 366 g/mol. The van der Waals surface area contributed by atoms with Crippen molar-refractivity contribution >= 4 is 22.7 Å². The summed E-state index contributed by atoms with van der Waals surface area (Å²) in [7, 11) is 3.68. The summed E-state index contributed by atoms with van der Waals surface area (Å²) in [5, 5.41) is 1.02. The number of piperidine rings is 2. The highest BCUT2D eigenvalue weighted by atomic mass is 16.5. The molecule has 0 bridgehead atoms. The number of amides is 2. The van der Waals surface area contributed by atoms with Crippen molar-refractivity contribution in [1.29, 1.82) is 0 Å². The first-order valence-electron chi connectivity index (χ1n) is 10.6. The molecule has 6 nitrogen and oxygen atoms in total. The maximum Gasteiger partial charge on any atom is 0.256 e. The monoisotopic (exact) mass is 397 g/mol. The number of nitrogens with zero attached hydrogens (tertiary/aromatic N) is 3. The molecule has 4 rings (SSSR count). The molecule has 2 aromatic rings. The van der Waals surface area contributed by atoms with Crippen LogP contribution >= 0.6 is 0 Å². The van der Waals surface area contributed by atoms with Crippen molar-refractivity contribution in [3.63, 3.8) is 0 Å². The van der Waals surface area contributed by atoms with Gasteiger partial charge in [0.05, 0.1) is 5.56 Å². The van der Waals surface area contributed by atoms with Crippen LogP contribution in [0.25, 0.3) is 10.9 Å². The minimum atomic E-state index is 0.125. The van der Waals surface area contributed by atoms with Gasteiger partial charge < -0.3 is 19.1 Å². The van der Waals surface area contributed by atoms with E-state index in [0.29, 0.717) is 13.0 Å². The van der Waals surface area contributed by atoms with E-state index in [0.717, 1.165) is 68.3 Å². The molecule has 3 heterocycles. The predicted molar refractivity (Wildman–Crippen MR) is 113 cm³/mol. The van der Waals surface area contributed by atoms with Crippen LogP contribution in [0.4, 0.5) is 0 Å². The molecule has 2 aliphatic rings. The molecule has 0 N–H and O–H groups in total. The van der Waals surface area contributed by atoms with Crippen LogP contribution in [-0.2, 0) is 16.6 Å². The van der Waals surface area contributed by atoms with Crippen molar-refractivity contribution in [3.8, 4) is 0 Å². The molecule has 2 amide bonds. The Kier molecular flexibility index (Phi) is 5.63. The Morgan fingerprint density at radius 3 is 2.69 bits per heavy atom. The second-order valence-electron chi connectivity index (χ2n) is 8.62. The molecule has 0 atom stereocenters. The standard InChI is InChI=1S/C23H31N3O3/c1-24-16-19(18-6-3-4-7-20(18)24)22(28)25-13-10-23(11-14-25)9-8-21(27)26(17-23)12-5-15-29-2/h3-4,6-7,16H,5,8-15,17H2,1-2H3. The van der Waals surface area contributed by atoms with Gasteiger partial charge in [0.1, 0.15) is 0 Å². The van der Waals surface area contributed by atoms with E-state index in [1.807, 2.05) is 45.8 Å². The number of aromatic nitrogens is 1. The summed E-state index contributed by atoms with van der Waals surface area (Å²) in [6.07, 6.45) is 6.35. The molecular formula is C23H31N3O3. The number of hydrogen-bond donors (Lipinski definition) is 0. The summed E-state index contributed by atoms with van der Waals surface area (Å²) in [5.41, 5.74) is 2.04. The number of benzene rings is 1. The second-order valence-corrected chi connectivity index (χ2v) is 8.62. The lowest BCUT2D eigenvalue weighted by Crippen LogP contribution is -2.52. The summed E-state index contributed by atoms with van der Waals surface area (Å²) in [5.74, 6) is 0.390. The smallest absolute Gasteiger partial charge is 0.256 e. The second kappa shape index (κ2) is 8.19. The van der Waals surface area contributed by atoms with E-state index in [4.69, 9.17) is 4.74 Å². The van der Waals surface area contributed by atoms with Gasteiger partial charge in [-0.25, -0.2) is 0 Å². The Hall–Kier alpha value is -2.34. The maximum atomic E-state index is 13.2. The minimum Gasteiger partial charge on any atom is -0.385 e. The number of fused-ring (bicyclic) bond motifs is 1. The first-order valence-corrected chi connectivity index (χ1v) is 10.6. The van der Waals surface area contributed by atoms with Crippen LogP contribution in [0.15, 0.2) is 30.5 Å². The fourth-order valence-electron chi connectivity index (χ4n) is 4.98. The van der Waals surface area contributed by atoms with Gasteiger partial charge >= 0.3 is 0 Å². The summed E-state index contributed by atoms with van der Waals surface area (Å²) in [6, 6.07) is 8.07. The van der Waals surface area contributed by atoms with Crippen LogP contribution in [-0.4, -0.2) is 66.1 Å². The van der Waals surface area contributed by atoms with Gasteiger partial charge in [-0.3, -0.25) is 9.59 Å². The van der Waals surface area contributed by atoms with Gasteiger partial charge in [0.15, 0.2) is 0 Å². The van der Waals surface area contributed by atoms with Gasteiger partial charge in [-0.2, -0.15) is 0 Å². The van der Waals surface area contributed by atoms with Crippen LogP contribution in [0.2, 0.25) is 0 Å². The third kappa shape index (κ3) is 3.90. The molecule has 1 aromatic heterocycles. The van der Waals surface area contributed by atoms with E-state index in [-0.39, 0.29) is 17.2 Å². The first kappa shape index (κ1) is 20.0. The van der Waals surface area contributed by atoms with Gasteiger partial charge in [-0.15, -0.1) is 0 Å². The number of carbonyl (C=O) groups is 2. The van der Waals surface area contributed by atoms with Crippen LogP contribution in [0, 0.1) is 5.41 Å². The Labute approximate surface area is 172 Å². The molecule has 2 saturated heterocycles. The van der Waals surface area contributed by atoms with Gasteiger partial charge in [0, 0.05) is 70.5 Å². The Bertz CT molecular complexity index is 896. The molecule has 156 valence electrons. The van der Waals surface area contributed by atoms with Crippen molar-refractivity contribution < 1.29 is 14.3 Å². The molecule has 2 aliphatic heterocycles. The highest BCUT2D eigenvalue weighted by molar-refractivity contribution is 6.07. The molecule has 2 fully saturated rings. The zero-order valence-electron chi connectivity index (χ0n) is 17.5. The summed E-state index contributed by atoms with van der Waals surface area (Å²) in [6.45, 7) is 3.81. The van der Waals surface area contributed by atoms with Crippen LogP contribution in [0.5, 0.6) is 0 Å². The van der Waals surface area contributed by atoms with E-state index in [1.54, 1.807) is 7.11 Å². The minimum absolute atomic E-state index is 0.125. The lowest BCUT2D eigenvalue weighted by Gasteiger charge is -2.47. The highest BCUT2D eigenvalue weighted by Gasteiger charge is 2.41. The van der Waals surface area contributed by atoms with Gasteiger partial charge in [0.2, 0.25) is 5.91 Å². The number of likely N-dealkylation sites (tertiary alicyclic amines) is 2. The average Bonchev–Trinajstić information content (AvgIpc) is 3.08. The van der Waals surface area contributed by atoms with Crippen molar-refractivity contribution in [3.05, 3.63) is 36.0 Å². The highest BCUT2D eigenvalue weighted by Crippen LogP contribution is 2.40. The van der Waals surface area contributed by atoms with Gasteiger partial charge in [-0.1, -0.05) is 18.2 Å². The Morgan fingerprint density at radius 2 is 1.93 bits per heavy atom. The molecule has 6 heteroatoms. The van der Waals surface area contributed by atoms with Crippen molar-refractivity contribution in [2.24, 2.45) is 12.5 Å². The topological polar surface area (TPSA) is 54.8 Å². The summed E-state index contributed by atoms with van der Waals surface area (Å²) in [4.78, 5) is 29.6. The molecule has 0 unspecified atom stereocenters. The molecule has 0 aliphatic carbocycles. The number of rotatable bonds is 5. The number of aryl methyl sites for hydroxylation is 1. The molecule has 0 saturated carbocycles. The van der Waals surface area contributed by atoms with E-state index in [2.05, 4.69) is 6.07 Å². The molecule has 0 radical (unpaired) electrons. The van der Waals surface area contributed by atoms with E-state index < -0.39 is 0 Å².